The van der Waals surface area contributed by atoms with Gasteiger partial charge in [0.1, 0.15) is 5.82 Å². The molecule has 0 radical (unpaired) electrons. The van der Waals surface area contributed by atoms with Gasteiger partial charge in [-0.2, -0.15) is 0 Å². The lowest BCUT2D eigenvalue weighted by Gasteiger charge is -2.20. The average Bonchev–Trinajstić information content (AvgIpc) is 2.91. The van der Waals surface area contributed by atoms with Crippen LogP contribution in [0.1, 0.15) is 12.8 Å². The van der Waals surface area contributed by atoms with Gasteiger partial charge in [0, 0.05) is 12.7 Å². The Kier molecular flexibility index (Phi) is 4.68. The van der Waals surface area contributed by atoms with Gasteiger partial charge in [0.15, 0.2) is 0 Å². The summed E-state index contributed by atoms with van der Waals surface area (Å²) in [5, 5.41) is 5.66. The zero-order chi connectivity index (χ0) is 14.5. The molecule has 5 nitrogen and oxygen atoms in total. The Balaban J connectivity index is 1.85. The second kappa shape index (κ2) is 6.47. The van der Waals surface area contributed by atoms with E-state index < -0.39 is 5.82 Å². The molecule has 6 heteroatoms. The van der Waals surface area contributed by atoms with Crippen LogP contribution in [0, 0.1) is 5.82 Å². The first-order valence-corrected chi connectivity index (χ1v) is 6.60. The maximum atomic E-state index is 13.0. The lowest BCUT2D eigenvalue weighted by atomic mass is 10.2. The largest absolute Gasteiger partial charge is 0.335 e. The van der Waals surface area contributed by atoms with E-state index in [1.165, 1.54) is 23.1 Å². The van der Waals surface area contributed by atoms with Gasteiger partial charge in [-0.1, -0.05) is 6.07 Å². The Bertz CT molecular complexity index is 501. The molecule has 2 rings (SSSR count). The second-order valence-corrected chi connectivity index (χ2v) is 4.90. The van der Waals surface area contributed by atoms with E-state index in [4.69, 9.17) is 0 Å². The SMILES string of the molecule is CN(CC(=O)Nc1cccc(F)c1)C(=O)C1CCCN1. The summed E-state index contributed by atoms with van der Waals surface area (Å²) in [7, 11) is 1.59. The molecular formula is C14H18FN3O2. The first kappa shape index (κ1) is 14.5. The van der Waals surface area contributed by atoms with Gasteiger partial charge in [-0.3, -0.25) is 9.59 Å². The minimum absolute atomic E-state index is 0.0481. The summed E-state index contributed by atoms with van der Waals surface area (Å²) in [4.78, 5) is 25.2. The number of amides is 2. The van der Waals surface area contributed by atoms with Crippen LogP contribution in [0.3, 0.4) is 0 Å². The van der Waals surface area contributed by atoms with Crippen molar-refractivity contribution in [3.05, 3.63) is 30.1 Å². The van der Waals surface area contributed by atoms with Crippen LogP contribution >= 0.6 is 0 Å². The molecule has 2 amide bonds. The Hall–Kier alpha value is -1.95. The maximum Gasteiger partial charge on any atom is 0.243 e. The molecule has 0 aromatic heterocycles. The average molecular weight is 279 g/mol. The Labute approximate surface area is 117 Å². The number of hydrogen-bond acceptors (Lipinski definition) is 3. The third-order valence-electron chi connectivity index (χ3n) is 3.22. The third kappa shape index (κ3) is 3.77. The fourth-order valence-corrected chi connectivity index (χ4v) is 2.22. The van der Waals surface area contributed by atoms with E-state index in [1.54, 1.807) is 13.1 Å². The molecule has 0 aliphatic carbocycles. The fraction of sp³-hybridized carbons (Fsp3) is 0.429. The van der Waals surface area contributed by atoms with Crippen molar-refractivity contribution in [2.75, 3.05) is 25.5 Å². The smallest absolute Gasteiger partial charge is 0.243 e. The van der Waals surface area contributed by atoms with Crippen molar-refractivity contribution in [3.8, 4) is 0 Å². The van der Waals surface area contributed by atoms with Crippen LogP contribution in [0.4, 0.5) is 10.1 Å². The summed E-state index contributed by atoms with van der Waals surface area (Å²) in [5.74, 6) is -0.844. The summed E-state index contributed by atoms with van der Waals surface area (Å²) >= 11 is 0. The van der Waals surface area contributed by atoms with Gasteiger partial charge < -0.3 is 15.5 Å². The molecule has 0 saturated carbocycles. The highest BCUT2D eigenvalue weighted by atomic mass is 19.1. The van der Waals surface area contributed by atoms with Crippen LogP contribution in [0.5, 0.6) is 0 Å². The van der Waals surface area contributed by atoms with Crippen molar-refractivity contribution in [2.24, 2.45) is 0 Å². The van der Waals surface area contributed by atoms with E-state index in [2.05, 4.69) is 10.6 Å². The van der Waals surface area contributed by atoms with Crippen molar-refractivity contribution >= 4 is 17.5 Å². The van der Waals surface area contributed by atoms with Crippen LogP contribution in [-0.4, -0.2) is 42.9 Å². The van der Waals surface area contributed by atoms with Crippen molar-refractivity contribution < 1.29 is 14.0 Å². The Morgan fingerprint density at radius 3 is 2.95 bits per heavy atom. The lowest BCUT2D eigenvalue weighted by Crippen LogP contribution is -2.44. The van der Waals surface area contributed by atoms with Gasteiger partial charge in [-0.25, -0.2) is 4.39 Å². The van der Waals surface area contributed by atoms with Gasteiger partial charge in [0.05, 0.1) is 12.6 Å². The normalized spacial score (nSPS) is 17.8. The molecule has 1 aliphatic heterocycles. The third-order valence-corrected chi connectivity index (χ3v) is 3.22. The number of anilines is 1. The number of nitrogens with zero attached hydrogens (tertiary/aromatic N) is 1. The topological polar surface area (TPSA) is 61.4 Å². The zero-order valence-electron chi connectivity index (χ0n) is 11.4. The summed E-state index contributed by atoms with van der Waals surface area (Å²) in [6, 6.07) is 5.46. The number of benzene rings is 1. The summed E-state index contributed by atoms with van der Waals surface area (Å²) in [5.41, 5.74) is 0.384. The molecule has 1 saturated heterocycles. The van der Waals surface area contributed by atoms with Crippen LogP contribution in [0.15, 0.2) is 24.3 Å². The van der Waals surface area contributed by atoms with E-state index in [-0.39, 0.29) is 24.4 Å². The monoisotopic (exact) mass is 279 g/mol. The zero-order valence-corrected chi connectivity index (χ0v) is 11.4. The molecule has 108 valence electrons. The molecule has 2 N–H and O–H groups in total. The van der Waals surface area contributed by atoms with Gasteiger partial charge >= 0.3 is 0 Å². The molecular weight excluding hydrogens is 261 g/mol. The quantitative estimate of drug-likeness (QED) is 0.863. The molecule has 1 aliphatic rings. The minimum Gasteiger partial charge on any atom is -0.335 e. The molecule has 1 fully saturated rings. The molecule has 1 unspecified atom stereocenters. The number of rotatable bonds is 4. The predicted molar refractivity (Wildman–Crippen MR) is 73.7 cm³/mol. The maximum absolute atomic E-state index is 13.0. The van der Waals surface area contributed by atoms with Crippen molar-refractivity contribution in [3.63, 3.8) is 0 Å². The van der Waals surface area contributed by atoms with Crippen LogP contribution in [0.2, 0.25) is 0 Å². The number of halogens is 1. The fourth-order valence-electron chi connectivity index (χ4n) is 2.22. The van der Waals surface area contributed by atoms with Gasteiger partial charge in [0.2, 0.25) is 11.8 Å². The van der Waals surface area contributed by atoms with Crippen molar-refractivity contribution in [1.29, 1.82) is 0 Å². The van der Waals surface area contributed by atoms with E-state index in [0.717, 1.165) is 19.4 Å². The van der Waals surface area contributed by atoms with Crippen molar-refractivity contribution in [1.82, 2.24) is 10.2 Å². The molecule has 0 bridgehead atoms. The summed E-state index contributed by atoms with van der Waals surface area (Å²) in [6.45, 7) is 0.785. The van der Waals surface area contributed by atoms with Crippen LogP contribution in [0.25, 0.3) is 0 Å². The Morgan fingerprint density at radius 1 is 1.50 bits per heavy atom. The van der Waals surface area contributed by atoms with Crippen LogP contribution < -0.4 is 10.6 Å². The standard InChI is InChI=1S/C14H18FN3O2/c1-18(14(20)12-6-3-7-16-12)9-13(19)17-11-5-2-4-10(15)8-11/h2,4-5,8,12,16H,3,6-7,9H2,1H3,(H,17,19). The molecule has 1 aromatic rings. The van der Waals surface area contributed by atoms with E-state index in [9.17, 15) is 14.0 Å². The number of carbonyl (C=O) groups is 2. The highest BCUT2D eigenvalue weighted by Crippen LogP contribution is 2.10. The minimum atomic E-state index is -0.414. The Morgan fingerprint density at radius 2 is 2.30 bits per heavy atom. The number of likely N-dealkylation sites (N-methyl/N-ethyl adjacent to an activating group) is 1. The van der Waals surface area contributed by atoms with Gasteiger partial charge in [0.25, 0.3) is 0 Å². The molecule has 20 heavy (non-hydrogen) atoms. The van der Waals surface area contributed by atoms with Gasteiger partial charge in [-0.15, -0.1) is 0 Å². The lowest BCUT2D eigenvalue weighted by molar-refractivity contribution is -0.134. The molecule has 1 atom stereocenters. The number of hydrogen-bond donors (Lipinski definition) is 2. The number of carbonyl (C=O) groups excluding carboxylic acids is 2. The molecule has 0 spiro atoms. The first-order valence-electron chi connectivity index (χ1n) is 6.60. The van der Waals surface area contributed by atoms with E-state index >= 15 is 0 Å². The summed E-state index contributed by atoms with van der Waals surface area (Å²) < 4.78 is 13.0. The molecule has 1 aromatic carbocycles. The summed E-state index contributed by atoms with van der Waals surface area (Å²) in [6.07, 6.45) is 1.77. The highest BCUT2D eigenvalue weighted by Gasteiger charge is 2.25. The van der Waals surface area contributed by atoms with Crippen LogP contribution in [-0.2, 0) is 9.59 Å². The number of nitrogens with one attached hydrogen (secondary N) is 2. The van der Waals surface area contributed by atoms with E-state index in [1.807, 2.05) is 0 Å². The van der Waals surface area contributed by atoms with E-state index in [0.29, 0.717) is 5.69 Å². The highest BCUT2D eigenvalue weighted by molar-refractivity contribution is 5.95. The van der Waals surface area contributed by atoms with Crippen molar-refractivity contribution in [2.45, 2.75) is 18.9 Å². The second-order valence-electron chi connectivity index (χ2n) is 4.90. The molecule has 1 heterocycles. The van der Waals surface area contributed by atoms with Gasteiger partial charge in [-0.05, 0) is 37.6 Å². The predicted octanol–water partition coefficient (Wildman–Crippen LogP) is 0.975. The first-order chi connectivity index (χ1) is 9.56.